The Labute approximate surface area is 139 Å². The molecule has 3 heteroatoms. The summed E-state index contributed by atoms with van der Waals surface area (Å²) in [5, 5.41) is 3.29. The van der Waals surface area contributed by atoms with Gasteiger partial charge in [-0.3, -0.25) is 0 Å². The van der Waals surface area contributed by atoms with Crippen LogP contribution in [0.2, 0.25) is 0 Å². The number of hydrogen-bond donors (Lipinski definition) is 0. The molecular formula is C18H21Cl2P. The van der Waals surface area contributed by atoms with Crippen molar-refractivity contribution < 1.29 is 0 Å². The zero-order valence-corrected chi connectivity index (χ0v) is 14.5. The molecule has 0 spiro atoms. The van der Waals surface area contributed by atoms with Gasteiger partial charge in [0, 0.05) is 0 Å². The number of alkyl halides is 2. The molecule has 0 nitrogen and oxygen atoms in total. The Hall–Kier alpha value is -0.550. The molecule has 21 heavy (non-hydrogen) atoms. The average Bonchev–Trinajstić information content (AvgIpc) is 3.05. The summed E-state index contributed by atoms with van der Waals surface area (Å²) in [4.78, 5) is 0. The zero-order chi connectivity index (χ0) is 14.9. The molecule has 2 aromatic carbocycles. The van der Waals surface area contributed by atoms with Crippen molar-refractivity contribution in [1.82, 2.24) is 0 Å². The monoisotopic (exact) mass is 338 g/mol. The summed E-state index contributed by atoms with van der Waals surface area (Å²) in [5.74, 6) is 0. The third kappa shape index (κ3) is 4.99. The first-order valence-electron chi connectivity index (χ1n) is 7.38. The first-order valence-corrected chi connectivity index (χ1v) is 9.86. The van der Waals surface area contributed by atoms with E-state index < -0.39 is 0 Å². The molecule has 0 bridgehead atoms. The van der Waals surface area contributed by atoms with Gasteiger partial charge in [-0.15, -0.1) is 23.2 Å². The second-order valence-electron chi connectivity index (χ2n) is 5.08. The van der Waals surface area contributed by atoms with Crippen LogP contribution in [0.1, 0.15) is 25.7 Å². The van der Waals surface area contributed by atoms with Gasteiger partial charge in [-0.1, -0.05) is 73.5 Å². The number of halogens is 2. The minimum absolute atomic E-state index is 0.152. The van der Waals surface area contributed by atoms with Gasteiger partial charge in [-0.05, 0) is 37.0 Å². The Morgan fingerprint density at radius 1 is 0.762 bits per heavy atom. The lowest BCUT2D eigenvalue weighted by Crippen LogP contribution is -2.19. The van der Waals surface area contributed by atoms with E-state index in [0.717, 1.165) is 5.66 Å². The fraction of sp³-hybridized carbons (Fsp3) is 0.333. The van der Waals surface area contributed by atoms with E-state index in [-0.39, 0.29) is 13.3 Å². The molecule has 1 fully saturated rings. The Balaban J connectivity index is 0.000000497. The SMILES string of the molecule is ClCCl.c1ccc(P(c2ccccc2)C2CCCC2)cc1. The second-order valence-corrected chi connectivity index (χ2v) is 8.39. The summed E-state index contributed by atoms with van der Waals surface area (Å²) in [6.45, 7) is 0. The van der Waals surface area contributed by atoms with Crippen molar-refractivity contribution in [2.24, 2.45) is 0 Å². The predicted octanol–water partition coefficient (Wildman–Crippen LogP) is 5.48. The van der Waals surface area contributed by atoms with Crippen LogP contribution in [-0.4, -0.2) is 11.0 Å². The van der Waals surface area contributed by atoms with Crippen molar-refractivity contribution in [2.45, 2.75) is 31.3 Å². The van der Waals surface area contributed by atoms with Gasteiger partial charge in [0.05, 0.1) is 5.34 Å². The Kier molecular flexibility index (Phi) is 7.58. The van der Waals surface area contributed by atoms with Crippen molar-refractivity contribution >= 4 is 41.7 Å². The summed E-state index contributed by atoms with van der Waals surface area (Å²) in [6.07, 6.45) is 5.66. The van der Waals surface area contributed by atoms with Crippen molar-refractivity contribution in [2.75, 3.05) is 5.34 Å². The number of rotatable bonds is 3. The lowest BCUT2D eigenvalue weighted by molar-refractivity contribution is 0.886. The highest BCUT2D eigenvalue weighted by molar-refractivity contribution is 7.73. The van der Waals surface area contributed by atoms with Crippen LogP contribution in [0, 0.1) is 0 Å². The summed E-state index contributed by atoms with van der Waals surface area (Å²) < 4.78 is 0. The minimum Gasteiger partial charge on any atom is -0.109 e. The van der Waals surface area contributed by atoms with Crippen LogP contribution in [0.15, 0.2) is 60.7 Å². The van der Waals surface area contributed by atoms with Crippen LogP contribution in [0.3, 0.4) is 0 Å². The van der Waals surface area contributed by atoms with Gasteiger partial charge in [0.15, 0.2) is 0 Å². The van der Waals surface area contributed by atoms with E-state index in [1.54, 1.807) is 10.6 Å². The van der Waals surface area contributed by atoms with E-state index >= 15 is 0 Å². The molecule has 3 rings (SSSR count). The van der Waals surface area contributed by atoms with Gasteiger partial charge in [0.1, 0.15) is 0 Å². The van der Waals surface area contributed by atoms with Crippen LogP contribution >= 0.6 is 31.1 Å². The third-order valence-corrected chi connectivity index (χ3v) is 6.71. The lowest BCUT2D eigenvalue weighted by Gasteiger charge is -2.25. The second kappa shape index (κ2) is 9.46. The largest absolute Gasteiger partial charge is 0.109 e. The molecule has 0 saturated heterocycles. The maximum absolute atomic E-state index is 4.76. The summed E-state index contributed by atoms with van der Waals surface area (Å²) in [5.41, 5.74) is 0.893. The topological polar surface area (TPSA) is 0 Å². The molecule has 0 amide bonds. The number of hydrogen-bond acceptors (Lipinski definition) is 0. The highest BCUT2D eigenvalue weighted by atomic mass is 35.5. The quantitative estimate of drug-likeness (QED) is 0.513. The summed E-state index contributed by atoms with van der Waals surface area (Å²) >= 11 is 9.53. The third-order valence-electron chi connectivity index (χ3n) is 3.76. The molecule has 0 radical (unpaired) electrons. The molecule has 2 aromatic rings. The van der Waals surface area contributed by atoms with Gasteiger partial charge in [0.25, 0.3) is 0 Å². The van der Waals surface area contributed by atoms with E-state index in [2.05, 4.69) is 60.7 Å². The van der Waals surface area contributed by atoms with Gasteiger partial charge in [0.2, 0.25) is 0 Å². The molecule has 0 unspecified atom stereocenters. The number of benzene rings is 2. The van der Waals surface area contributed by atoms with E-state index in [9.17, 15) is 0 Å². The zero-order valence-electron chi connectivity index (χ0n) is 12.1. The molecule has 1 aliphatic rings. The molecule has 0 heterocycles. The first kappa shape index (κ1) is 16.8. The molecule has 112 valence electrons. The normalized spacial score (nSPS) is 14.8. The lowest BCUT2D eigenvalue weighted by atomic mass is 10.3. The minimum atomic E-state index is -0.152. The Bertz CT molecular complexity index is 456. The fourth-order valence-electron chi connectivity index (χ4n) is 2.91. The molecule has 0 aliphatic heterocycles. The maximum atomic E-state index is 4.76. The van der Waals surface area contributed by atoms with Crippen molar-refractivity contribution in [3.63, 3.8) is 0 Å². The van der Waals surface area contributed by atoms with Crippen LogP contribution in [-0.2, 0) is 0 Å². The predicted molar refractivity (Wildman–Crippen MR) is 97.9 cm³/mol. The maximum Gasteiger partial charge on any atom is 0.0967 e. The van der Waals surface area contributed by atoms with Gasteiger partial charge in [-0.25, -0.2) is 0 Å². The molecule has 0 atom stereocenters. The van der Waals surface area contributed by atoms with Gasteiger partial charge >= 0.3 is 0 Å². The van der Waals surface area contributed by atoms with Crippen LogP contribution in [0.4, 0.5) is 0 Å². The first-order chi connectivity index (χ1) is 10.4. The van der Waals surface area contributed by atoms with E-state index in [4.69, 9.17) is 23.2 Å². The Morgan fingerprint density at radius 2 is 1.14 bits per heavy atom. The molecule has 0 aromatic heterocycles. The van der Waals surface area contributed by atoms with Crippen LogP contribution < -0.4 is 10.6 Å². The molecule has 0 N–H and O–H groups in total. The Morgan fingerprint density at radius 3 is 1.52 bits per heavy atom. The summed E-state index contributed by atoms with van der Waals surface area (Å²) in [7, 11) is -0.152. The molecule has 1 aliphatic carbocycles. The molecular weight excluding hydrogens is 318 g/mol. The van der Waals surface area contributed by atoms with Crippen molar-refractivity contribution in [1.29, 1.82) is 0 Å². The van der Waals surface area contributed by atoms with Crippen molar-refractivity contribution in [3.8, 4) is 0 Å². The smallest absolute Gasteiger partial charge is 0.0967 e. The van der Waals surface area contributed by atoms with E-state index in [1.165, 1.54) is 25.7 Å². The van der Waals surface area contributed by atoms with Gasteiger partial charge < -0.3 is 0 Å². The van der Waals surface area contributed by atoms with Crippen molar-refractivity contribution in [3.05, 3.63) is 60.7 Å². The standard InChI is InChI=1S/C17H19P.CH2Cl2/c1-3-9-15(10-4-1)18(17-13-7-8-14-17)16-11-5-2-6-12-16;2-1-3/h1-6,9-12,17H,7-8,13-14H2;1H2. The van der Waals surface area contributed by atoms with Crippen LogP contribution in [0.25, 0.3) is 0 Å². The molecule has 1 saturated carbocycles. The highest BCUT2D eigenvalue weighted by Crippen LogP contribution is 2.46. The van der Waals surface area contributed by atoms with Gasteiger partial charge in [-0.2, -0.15) is 0 Å². The highest BCUT2D eigenvalue weighted by Gasteiger charge is 2.26. The average molecular weight is 339 g/mol. The summed E-state index contributed by atoms with van der Waals surface area (Å²) in [6, 6.07) is 22.2. The fourth-order valence-corrected chi connectivity index (χ4v) is 5.92. The van der Waals surface area contributed by atoms with Crippen LogP contribution in [0.5, 0.6) is 0 Å². The van der Waals surface area contributed by atoms with E-state index in [1.807, 2.05) is 0 Å². The van der Waals surface area contributed by atoms with E-state index in [0.29, 0.717) is 0 Å².